The van der Waals surface area contributed by atoms with Gasteiger partial charge in [-0.3, -0.25) is 4.90 Å². The van der Waals surface area contributed by atoms with E-state index in [1.54, 1.807) is 82.0 Å². The molecule has 1 aliphatic heterocycles. The van der Waals surface area contributed by atoms with Crippen molar-refractivity contribution in [1.29, 1.82) is 0 Å². The van der Waals surface area contributed by atoms with Gasteiger partial charge < -0.3 is 18.6 Å². The fourth-order valence-corrected chi connectivity index (χ4v) is 5.41. The van der Waals surface area contributed by atoms with Crippen LogP contribution in [0.15, 0.2) is 54.6 Å². The molecule has 6 nitrogen and oxygen atoms in total. The quantitative estimate of drug-likeness (QED) is 0.397. The van der Waals surface area contributed by atoms with Crippen LogP contribution in [0.3, 0.4) is 0 Å². The van der Waals surface area contributed by atoms with Crippen molar-refractivity contribution in [2.75, 3.05) is 7.11 Å². The van der Waals surface area contributed by atoms with E-state index in [0.29, 0.717) is 16.9 Å². The van der Waals surface area contributed by atoms with Crippen LogP contribution in [0.4, 0.5) is 18.0 Å². The Labute approximate surface area is 205 Å². The summed E-state index contributed by atoms with van der Waals surface area (Å²) >= 11 is 0. The summed E-state index contributed by atoms with van der Waals surface area (Å²) in [5.74, 6) is -3.16. The Hall–Kier alpha value is -2.56. The average Bonchev–Trinajstić information content (AvgIpc) is 3.13. The molecule has 1 aliphatic rings. The Morgan fingerprint density at radius 1 is 1.09 bits per heavy atom. The molecule has 1 heterocycles. The van der Waals surface area contributed by atoms with E-state index >= 15 is 0 Å². The van der Waals surface area contributed by atoms with Gasteiger partial charge in [0.2, 0.25) is 0 Å². The van der Waals surface area contributed by atoms with Crippen LogP contribution in [0.5, 0.6) is 5.75 Å². The van der Waals surface area contributed by atoms with Crippen LogP contribution in [0.25, 0.3) is 0 Å². The van der Waals surface area contributed by atoms with Crippen molar-refractivity contribution in [3.63, 3.8) is 0 Å². The number of carbonyl (C=O) groups excluding carboxylic acids is 1. The zero-order valence-electron chi connectivity index (χ0n) is 20.8. The Bertz CT molecular complexity index is 995. The van der Waals surface area contributed by atoms with E-state index in [9.17, 15) is 18.0 Å². The van der Waals surface area contributed by atoms with Crippen molar-refractivity contribution in [1.82, 2.24) is 4.90 Å². The maximum Gasteiger partial charge on any atom is 0.444 e. The van der Waals surface area contributed by atoms with Gasteiger partial charge in [-0.25, -0.2) is 4.79 Å². The third-order valence-electron chi connectivity index (χ3n) is 5.53. The zero-order chi connectivity index (χ0) is 26.0. The predicted octanol–water partition coefficient (Wildman–Crippen LogP) is 6.50. The molecular formula is C25H32F3NO5Si. The predicted molar refractivity (Wildman–Crippen MR) is 127 cm³/mol. The molecule has 192 valence electrons. The van der Waals surface area contributed by atoms with E-state index in [1.165, 1.54) is 7.11 Å². The Kier molecular flexibility index (Phi) is 7.88. The molecule has 0 bridgehead atoms. The van der Waals surface area contributed by atoms with E-state index in [4.69, 9.17) is 18.6 Å². The maximum absolute atomic E-state index is 14.8. The number of carbonyl (C=O) groups is 1. The van der Waals surface area contributed by atoms with Gasteiger partial charge in [0.1, 0.15) is 18.4 Å². The molecule has 1 saturated heterocycles. The lowest BCUT2D eigenvalue weighted by atomic mass is 9.94. The first kappa shape index (κ1) is 27.0. The topological polar surface area (TPSA) is 57.2 Å². The van der Waals surface area contributed by atoms with Crippen molar-refractivity contribution < 1.29 is 36.6 Å². The molecule has 3 rings (SSSR count). The zero-order valence-corrected chi connectivity index (χ0v) is 21.8. The van der Waals surface area contributed by atoms with Crippen LogP contribution >= 0.6 is 0 Å². The molecule has 0 saturated carbocycles. The molecule has 0 aliphatic carbocycles. The van der Waals surface area contributed by atoms with Crippen molar-refractivity contribution in [3.05, 3.63) is 65.7 Å². The molecule has 0 aromatic heterocycles. The lowest BCUT2D eigenvalue weighted by Crippen LogP contribution is -2.63. The second kappa shape index (κ2) is 10.2. The number of ether oxygens (including phenoxy) is 3. The fraction of sp³-hybridized carbons (Fsp3) is 0.480. The van der Waals surface area contributed by atoms with Gasteiger partial charge in [0.15, 0.2) is 14.5 Å². The summed E-state index contributed by atoms with van der Waals surface area (Å²) in [6, 6.07) is 13.8. The number of hydrogen-bond acceptors (Lipinski definition) is 5. The molecule has 1 fully saturated rings. The summed E-state index contributed by atoms with van der Waals surface area (Å²) in [5.41, 5.74) is 1.06. The highest BCUT2D eigenvalue weighted by Crippen LogP contribution is 2.53. The van der Waals surface area contributed by atoms with Crippen LogP contribution in [-0.2, 0) is 20.5 Å². The average molecular weight is 512 g/mol. The van der Waals surface area contributed by atoms with Gasteiger partial charge in [-0.2, -0.15) is 13.2 Å². The van der Waals surface area contributed by atoms with Gasteiger partial charge in [-0.05, 0) is 43.3 Å². The van der Waals surface area contributed by atoms with Crippen LogP contribution in [-0.4, -0.2) is 44.4 Å². The summed E-state index contributed by atoms with van der Waals surface area (Å²) in [5, 5.41) is 0. The van der Waals surface area contributed by atoms with Crippen molar-refractivity contribution in [3.8, 4) is 5.75 Å². The standard InChI is InChI=1S/C25H32F3NO5Si/c1-17(2)21-24(25(26,27)28,34-35(4,5)6)33-22(19-12-14-20(31-3)15-13-19)29(21)23(30)32-16-18-10-8-7-9-11-18/h7-15,17,21-22H,16H2,1-6H3/t21-,22-,24?/m0/s1. The van der Waals surface area contributed by atoms with Crippen LogP contribution in [0.2, 0.25) is 19.6 Å². The summed E-state index contributed by atoms with van der Waals surface area (Å²) in [6.45, 7) is 8.08. The maximum atomic E-state index is 14.8. The number of methoxy groups -OCH3 is 1. The van der Waals surface area contributed by atoms with Crippen molar-refractivity contribution in [2.24, 2.45) is 5.92 Å². The van der Waals surface area contributed by atoms with Crippen LogP contribution in [0.1, 0.15) is 31.2 Å². The summed E-state index contributed by atoms with van der Waals surface area (Å²) in [6.07, 6.45) is -7.21. The van der Waals surface area contributed by atoms with Gasteiger partial charge >= 0.3 is 12.3 Å². The largest absolute Gasteiger partial charge is 0.497 e. The molecule has 0 spiro atoms. The molecule has 2 aromatic rings. The first-order chi connectivity index (χ1) is 16.3. The number of amides is 1. The number of halogens is 3. The molecular weight excluding hydrogens is 479 g/mol. The van der Waals surface area contributed by atoms with Gasteiger partial charge in [0.25, 0.3) is 5.79 Å². The van der Waals surface area contributed by atoms with Crippen LogP contribution in [0, 0.1) is 5.92 Å². The number of benzene rings is 2. The monoisotopic (exact) mass is 511 g/mol. The van der Waals surface area contributed by atoms with Gasteiger partial charge in [0, 0.05) is 5.56 Å². The number of rotatable bonds is 7. The Morgan fingerprint density at radius 3 is 2.17 bits per heavy atom. The second-order valence-electron chi connectivity index (χ2n) is 9.76. The normalized spacial score (nSPS) is 23.0. The van der Waals surface area contributed by atoms with Gasteiger partial charge in [-0.15, -0.1) is 0 Å². The van der Waals surface area contributed by atoms with Gasteiger partial charge in [-0.1, -0.05) is 56.3 Å². The molecule has 1 amide bonds. The van der Waals surface area contributed by atoms with Crippen LogP contribution < -0.4 is 4.74 Å². The first-order valence-electron chi connectivity index (χ1n) is 11.4. The Morgan fingerprint density at radius 2 is 1.69 bits per heavy atom. The van der Waals surface area contributed by atoms with E-state index in [0.717, 1.165) is 4.90 Å². The van der Waals surface area contributed by atoms with E-state index < -0.39 is 44.6 Å². The molecule has 1 unspecified atom stereocenters. The minimum absolute atomic E-state index is 0.0930. The second-order valence-corrected chi connectivity index (χ2v) is 14.2. The molecule has 0 radical (unpaired) electrons. The number of nitrogens with zero attached hydrogens (tertiary/aromatic N) is 1. The lowest BCUT2D eigenvalue weighted by Gasteiger charge is -2.42. The highest BCUT2D eigenvalue weighted by molar-refractivity contribution is 6.69. The smallest absolute Gasteiger partial charge is 0.444 e. The van der Waals surface area contributed by atoms with E-state index in [-0.39, 0.29) is 6.61 Å². The molecule has 10 heteroatoms. The number of alkyl halides is 3. The Balaban J connectivity index is 2.09. The summed E-state index contributed by atoms with van der Waals surface area (Å²) < 4.78 is 66.7. The molecule has 2 aromatic carbocycles. The third-order valence-corrected chi connectivity index (χ3v) is 6.45. The third kappa shape index (κ3) is 5.82. The lowest BCUT2D eigenvalue weighted by molar-refractivity contribution is -0.355. The van der Waals surface area contributed by atoms with Crippen molar-refractivity contribution >= 4 is 14.4 Å². The number of hydrogen-bond donors (Lipinski definition) is 0. The van der Waals surface area contributed by atoms with Crippen molar-refractivity contribution in [2.45, 2.75) is 64.3 Å². The first-order valence-corrected chi connectivity index (χ1v) is 14.8. The SMILES string of the molecule is COc1ccc([C@@H]2OC(O[Si](C)(C)C)(C(F)(F)F)[C@H](C(C)C)N2C(=O)OCc2ccccc2)cc1. The minimum atomic E-state index is -4.92. The van der Waals surface area contributed by atoms with E-state index in [2.05, 4.69) is 0 Å². The highest BCUT2D eigenvalue weighted by Gasteiger charge is 2.72. The fourth-order valence-electron chi connectivity index (χ4n) is 4.21. The highest BCUT2D eigenvalue weighted by atomic mass is 28.4. The summed E-state index contributed by atoms with van der Waals surface area (Å²) in [4.78, 5) is 14.4. The van der Waals surface area contributed by atoms with Gasteiger partial charge in [0.05, 0.1) is 7.11 Å². The minimum Gasteiger partial charge on any atom is -0.497 e. The summed E-state index contributed by atoms with van der Waals surface area (Å²) in [7, 11) is -1.33. The molecule has 3 atom stereocenters. The molecule has 35 heavy (non-hydrogen) atoms. The van der Waals surface area contributed by atoms with E-state index in [1.807, 2.05) is 6.07 Å². The molecule has 0 N–H and O–H groups in total.